The Morgan fingerprint density at radius 2 is 0.720 bits per heavy atom. The minimum absolute atomic E-state index is 0.280. The van der Waals surface area contributed by atoms with Crippen molar-refractivity contribution in [3.05, 3.63) is 48.0 Å². The third-order valence-corrected chi connectivity index (χ3v) is 16.1. The van der Waals surface area contributed by atoms with Gasteiger partial charge in [-0.15, -0.1) is 0 Å². The fourth-order valence-corrected chi connectivity index (χ4v) is 14.0. The average molecular weight is 679 g/mol. The van der Waals surface area contributed by atoms with Gasteiger partial charge in [0, 0.05) is 0 Å². The van der Waals surface area contributed by atoms with Gasteiger partial charge in [0.2, 0.25) is 0 Å². The minimum atomic E-state index is 0.280. The molecule has 4 saturated carbocycles. The molecule has 8 nitrogen and oxygen atoms in total. The Kier molecular flexibility index (Phi) is 8.32. The van der Waals surface area contributed by atoms with Crippen LogP contribution in [0.25, 0.3) is 10.8 Å². The Balaban J connectivity index is 0.973. The summed E-state index contributed by atoms with van der Waals surface area (Å²) in [6.45, 7) is 0. The summed E-state index contributed by atoms with van der Waals surface area (Å²) in [5.41, 5.74) is 1.58. The third-order valence-electron chi connectivity index (χ3n) is 16.1. The number of benzene rings is 2. The zero-order chi connectivity index (χ0) is 32.8. The maximum atomic E-state index is 4.41. The lowest BCUT2D eigenvalue weighted by atomic mass is 9.68. The maximum Gasteiger partial charge on any atom is 0.0634 e. The van der Waals surface area contributed by atoms with Gasteiger partial charge < -0.3 is 0 Å². The highest BCUT2D eigenvalue weighted by atomic mass is 15.4. The quantitative estimate of drug-likeness (QED) is 0.210. The molecular weight excluding hydrogens is 617 g/mol. The first-order chi connectivity index (χ1) is 24.8. The van der Waals surface area contributed by atoms with Crippen LogP contribution < -0.4 is 42.5 Å². The first-order valence-corrected chi connectivity index (χ1v) is 21.3. The molecule has 0 amide bonds. The normalized spacial score (nSPS) is 50.0. The summed E-state index contributed by atoms with van der Waals surface area (Å²) in [5.74, 6) is 5.92. The highest BCUT2D eigenvalue weighted by Gasteiger charge is 2.55. The second-order valence-electron chi connectivity index (χ2n) is 18.3. The molecule has 11 rings (SSSR count). The molecular formula is C42H62N8. The van der Waals surface area contributed by atoms with Crippen LogP contribution in [-0.4, -0.2) is 49.3 Å². The Bertz CT molecular complexity index is 1530. The predicted molar refractivity (Wildman–Crippen MR) is 199 cm³/mol. The molecule has 5 saturated heterocycles. The van der Waals surface area contributed by atoms with Gasteiger partial charge >= 0.3 is 0 Å². The molecule has 0 aromatic heterocycles. The average Bonchev–Trinajstić information content (AvgIpc) is 3.90. The van der Waals surface area contributed by atoms with Crippen molar-refractivity contribution < 1.29 is 0 Å². The predicted octanol–water partition coefficient (Wildman–Crippen LogP) is 5.15. The van der Waals surface area contributed by atoms with Crippen LogP contribution in [0.5, 0.6) is 0 Å². The molecule has 17 atom stereocenters. The lowest BCUT2D eigenvalue weighted by Gasteiger charge is -2.40. The number of nitrogens with one attached hydrogen (secondary N) is 8. The topological polar surface area (TPSA) is 96.2 Å². The Morgan fingerprint density at radius 1 is 0.340 bits per heavy atom. The summed E-state index contributed by atoms with van der Waals surface area (Å²) in [7, 11) is 0. The number of fused-ring (bicyclic) bond motifs is 21. The molecule has 5 aliphatic heterocycles. The second-order valence-corrected chi connectivity index (χ2v) is 18.3. The van der Waals surface area contributed by atoms with E-state index in [2.05, 4.69) is 85.0 Å². The van der Waals surface area contributed by atoms with E-state index in [0.717, 1.165) is 5.92 Å². The summed E-state index contributed by atoms with van der Waals surface area (Å²) < 4.78 is 0. The van der Waals surface area contributed by atoms with E-state index >= 15 is 0 Å². The number of hydrogen-bond acceptors (Lipinski definition) is 8. The Morgan fingerprint density at radius 3 is 1.20 bits per heavy atom. The number of hydrogen-bond donors (Lipinski definition) is 8. The molecule has 2 aromatic carbocycles. The van der Waals surface area contributed by atoms with E-state index in [4.69, 9.17) is 0 Å². The third kappa shape index (κ3) is 5.29. The van der Waals surface area contributed by atoms with Crippen molar-refractivity contribution in [3.63, 3.8) is 0 Å². The molecule has 8 bridgehead atoms. The van der Waals surface area contributed by atoms with Gasteiger partial charge in [-0.2, -0.15) is 0 Å². The van der Waals surface area contributed by atoms with E-state index < -0.39 is 0 Å². The van der Waals surface area contributed by atoms with E-state index in [9.17, 15) is 0 Å². The fourth-order valence-electron chi connectivity index (χ4n) is 14.0. The molecule has 4 aliphatic carbocycles. The lowest BCUT2D eigenvalue weighted by molar-refractivity contribution is 0.156. The summed E-state index contributed by atoms with van der Waals surface area (Å²) >= 11 is 0. The molecule has 9 fully saturated rings. The molecule has 270 valence electrons. The van der Waals surface area contributed by atoms with Crippen LogP contribution in [0.3, 0.4) is 0 Å². The molecule has 9 aliphatic rings. The first kappa shape index (κ1) is 31.9. The van der Waals surface area contributed by atoms with Crippen LogP contribution in [0.1, 0.15) is 108 Å². The largest absolute Gasteiger partial charge is 0.286 e. The van der Waals surface area contributed by atoms with Crippen molar-refractivity contribution in [2.75, 3.05) is 0 Å². The van der Waals surface area contributed by atoms with Gasteiger partial charge in [-0.1, -0.05) is 87.4 Å². The molecule has 8 N–H and O–H groups in total. The van der Waals surface area contributed by atoms with Gasteiger partial charge in [-0.25, -0.2) is 0 Å². The second kappa shape index (κ2) is 13.0. The summed E-state index contributed by atoms with van der Waals surface area (Å²) in [6.07, 6.45) is 23.1. The monoisotopic (exact) mass is 679 g/mol. The smallest absolute Gasteiger partial charge is 0.0634 e. The molecule has 2 aromatic rings. The van der Waals surface area contributed by atoms with Crippen molar-refractivity contribution in [1.82, 2.24) is 42.5 Å². The van der Waals surface area contributed by atoms with Gasteiger partial charge in [0.25, 0.3) is 0 Å². The SMILES string of the molecule is c1ccc2c(C3CCCC4C5NC6NC(NC7NC(NC8NC(NC(N5)C34)C3CCCCC83)C3CCCCC73)C3CCCCC63)cccc2c1. The van der Waals surface area contributed by atoms with E-state index in [-0.39, 0.29) is 6.17 Å². The highest BCUT2D eigenvalue weighted by Crippen LogP contribution is 2.50. The number of rotatable bonds is 1. The van der Waals surface area contributed by atoms with E-state index in [1.807, 2.05) is 0 Å². The van der Waals surface area contributed by atoms with Crippen molar-refractivity contribution in [2.24, 2.45) is 47.3 Å². The van der Waals surface area contributed by atoms with Gasteiger partial charge in [0.15, 0.2) is 0 Å². The van der Waals surface area contributed by atoms with Gasteiger partial charge in [0.05, 0.1) is 49.3 Å². The van der Waals surface area contributed by atoms with Crippen LogP contribution in [0, 0.1) is 47.3 Å². The summed E-state index contributed by atoms with van der Waals surface area (Å²) in [4.78, 5) is 0. The molecule has 17 unspecified atom stereocenters. The van der Waals surface area contributed by atoms with Crippen LogP contribution in [-0.2, 0) is 0 Å². The standard InChI is InChI=1S/C42H62N8/c1-2-13-24-23(11-1)12-9-20-25(24)26-21-10-22-33-34(26)42-49-40-32-19-8-7-18-31(32)38(47-40)45-36-28-15-4-3-14-27(28)35(43-36)44-37-29-16-5-6-17-30(29)39(46-37)48-41(33)50-42/h1-2,9,11-13,20,26-50H,3-8,10,14-19,21-22H2. The van der Waals surface area contributed by atoms with E-state index in [1.165, 1.54) is 107 Å². The lowest BCUT2D eigenvalue weighted by Crippen LogP contribution is -2.61. The zero-order valence-corrected chi connectivity index (χ0v) is 30.0. The Labute approximate surface area is 299 Å². The molecule has 0 spiro atoms. The van der Waals surface area contributed by atoms with Crippen molar-refractivity contribution in [2.45, 2.75) is 152 Å². The maximum absolute atomic E-state index is 4.41. The van der Waals surface area contributed by atoms with Crippen molar-refractivity contribution in [3.8, 4) is 0 Å². The molecule has 5 heterocycles. The Hall–Kier alpha value is -1.62. The van der Waals surface area contributed by atoms with Gasteiger partial charge in [-0.3, -0.25) is 42.5 Å². The molecule has 50 heavy (non-hydrogen) atoms. The van der Waals surface area contributed by atoms with Crippen LogP contribution in [0.4, 0.5) is 0 Å². The van der Waals surface area contributed by atoms with Gasteiger partial charge in [0.1, 0.15) is 0 Å². The highest BCUT2D eigenvalue weighted by molar-refractivity contribution is 5.86. The fraction of sp³-hybridized carbons (Fsp3) is 0.762. The van der Waals surface area contributed by atoms with Crippen molar-refractivity contribution >= 4 is 10.8 Å². The summed E-state index contributed by atoms with van der Waals surface area (Å²) in [5, 5.41) is 37.3. The van der Waals surface area contributed by atoms with Crippen LogP contribution in [0.2, 0.25) is 0 Å². The molecule has 8 heteroatoms. The molecule has 0 radical (unpaired) electrons. The first-order valence-electron chi connectivity index (χ1n) is 21.3. The van der Waals surface area contributed by atoms with Crippen molar-refractivity contribution in [1.29, 1.82) is 0 Å². The minimum Gasteiger partial charge on any atom is -0.286 e. The van der Waals surface area contributed by atoms with Crippen LogP contribution in [0.15, 0.2) is 42.5 Å². The zero-order valence-electron chi connectivity index (χ0n) is 30.0. The van der Waals surface area contributed by atoms with E-state index in [0.29, 0.717) is 90.5 Å². The van der Waals surface area contributed by atoms with Gasteiger partial charge in [-0.05, 0) is 121 Å². The van der Waals surface area contributed by atoms with Crippen LogP contribution >= 0.6 is 0 Å². The summed E-state index contributed by atoms with van der Waals surface area (Å²) in [6, 6.07) is 16.2. The van der Waals surface area contributed by atoms with E-state index in [1.54, 1.807) is 5.56 Å².